The summed E-state index contributed by atoms with van der Waals surface area (Å²) in [5.74, 6) is 1.04. The first kappa shape index (κ1) is 15.1. The summed E-state index contributed by atoms with van der Waals surface area (Å²) in [6.45, 7) is 5.75. The van der Waals surface area contributed by atoms with Crippen molar-refractivity contribution in [1.82, 2.24) is 15.1 Å². The fourth-order valence-electron chi connectivity index (χ4n) is 1.88. The van der Waals surface area contributed by atoms with Gasteiger partial charge in [-0.15, -0.1) is 0 Å². The molecule has 0 unspecified atom stereocenters. The Labute approximate surface area is 125 Å². The highest BCUT2D eigenvalue weighted by molar-refractivity contribution is 5.77. The number of benzene rings is 1. The molecule has 0 aliphatic rings. The minimum absolute atomic E-state index is 0.513. The molecular weight excluding hydrogens is 262 g/mol. The van der Waals surface area contributed by atoms with E-state index in [9.17, 15) is 0 Å². The van der Waals surface area contributed by atoms with Crippen molar-refractivity contribution in [1.29, 1.82) is 0 Å². The summed E-state index contributed by atoms with van der Waals surface area (Å²) in [6.07, 6.45) is 4.79. The van der Waals surface area contributed by atoms with Crippen LogP contribution in [0.2, 0.25) is 0 Å². The first-order chi connectivity index (χ1) is 10.1. The van der Waals surface area contributed by atoms with Gasteiger partial charge >= 0.3 is 0 Å². The van der Waals surface area contributed by atoms with Crippen molar-refractivity contribution < 1.29 is 0 Å². The molecule has 0 radical (unpaired) electrons. The van der Waals surface area contributed by atoms with Gasteiger partial charge < -0.3 is 11.1 Å². The molecule has 0 amide bonds. The van der Waals surface area contributed by atoms with Gasteiger partial charge in [0.05, 0.1) is 11.9 Å². The van der Waals surface area contributed by atoms with E-state index < -0.39 is 0 Å². The molecule has 1 aromatic carbocycles. The van der Waals surface area contributed by atoms with Crippen LogP contribution in [-0.4, -0.2) is 28.8 Å². The fourth-order valence-corrected chi connectivity index (χ4v) is 1.88. The normalized spacial score (nSPS) is 11.9. The van der Waals surface area contributed by atoms with E-state index in [2.05, 4.69) is 29.3 Å². The number of hydrogen-bond acceptors (Lipinski definition) is 2. The molecule has 0 bridgehead atoms. The lowest BCUT2D eigenvalue weighted by atomic mass is 10.2. The zero-order valence-corrected chi connectivity index (χ0v) is 12.7. The third-order valence-corrected chi connectivity index (χ3v) is 3.00. The van der Waals surface area contributed by atoms with Gasteiger partial charge in [0, 0.05) is 19.3 Å². The maximum absolute atomic E-state index is 5.80. The lowest BCUT2D eigenvalue weighted by molar-refractivity contribution is 0.661. The van der Waals surface area contributed by atoms with Crippen molar-refractivity contribution in [2.75, 3.05) is 13.1 Å². The Kier molecular flexibility index (Phi) is 5.37. The van der Waals surface area contributed by atoms with E-state index in [1.54, 1.807) is 0 Å². The van der Waals surface area contributed by atoms with Crippen LogP contribution in [-0.2, 0) is 6.42 Å². The van der Waals surface area contributed by atoms with Gasteiger partial charge in [-0.25, -0.2) is 4.68 Å². The van der Waals surface area contributed by atoms with E-state index in [1.807, 2.05) is 47.4 Å². The molecule has 2 aromatic rings. The second-order valence-electron chi connectivity index (χ2n) is 5.43. The fraction of sp³-hybridized carbons (Fsp3) is 0.375. The monoisotopic (exact) mass is 285 g/mol. The number of nitrogens with one attached hydrogen (secondary N) is 1. The highest BCUT2D eigenvalue weighted by atomic mass is 15.3. The van der Waals surface area contributed by atoms with E-state index in [1.165, 1.54) is 5.56 Å². The molecule has 0 atom stereocenters. The molecule has 0 saturated heterocycles. The van der Waals surface area contributed by atoms with Gasteiger partial charge in [0.25, 0.3) is 0 Å². The van der Waals surface area contributed by atoms with Crippen molar-refractivity contribution >= 4 is 5.96 Å². The van der Waals surface area contributed by atoms with Gasteiger partial charge in [0.2, 0.25) is 0 Å². The molecule has 112 valence electrons. The van der Waals surface area contributed by atoms with E-state index in [-0.39, 0.29) is 0 Å². The quantitative estimate of drug-likeness (QED) is 0.630. The van der Waals surface area contributed by atoms with Gasteiger partial charge in [0.1, 0.15) is 0 Å². The molecule has 21 heavy (non-hydrogen) atoms. The lowest BCUT2D eigenvalue weighted by Crippen LogP contribution is -2.33. The van der Waals surface area contributed by atoms with Crippen LogP contribution in [0.25, 0.3) is 5.69 Å². The average Bonchev–Trinajstić information content (AvgIpc) is 2.95. The summed E-state index contributed by atoms with van der Waals surface area (Å²) < 4.78 is 1.88. The number of guanidine groups is 1. The van der Waals surface area contributed by atoms with Crippen molar-refractivity contribution in [3.05, 3.63) is 48.3 Å². The molecule has 0 saturated carbocycles. The van der Waals surface area contributed by atoms with Crippen LogP contribution >= 0.6 is 0 Å². The van der Waals surface area contributed by atoms with Gasteiger partial charge in [-0.2, -0.15) is 5.10 Å². The van der Waals surface area contributed by atoms with Crippen LogP contribution in [0.3, 0.4) is 0 Å². The van der Waals surface area contributed by atoms with Gasteiger partial charge in [-0.1, -0.05) is 32.0 Å². The molecule has 0 spiro atoms. The van der Waals surface area contributed by atoms with Crippen LogP contribution in [0, 0.1) is 5.92 Å². The Morgan fingerprint density at radius 3 is 2.81 bits per heavy atom. The zero-order chi connectivity index (χ0) is 15.1. The first-order valence-electron chi connectivity index (χ1n) is 7.28. The molecule has 0 fully saturated rings. The van der Waals surface area contributed by atoms with Gasteiger partial charge in [-0.3, -0.25) is 4.99 Å². The topological polar surface area (TPSA) is 68.2 Å². The number of nitrogens with two attached hydrogens (primary N) is 1. The van der Waals surface area contributed by atoms with E-state index in [0.29, 0.717) is 11.9 Å². The molecule has 0 aliphatic heterocycles. The Hall–Kier alpha value is -2.30. The van der Waals surface area contributed by atoms with Gasteiger partial charge in [0.15, 0.2) is 5.96 Å². The van der Waals surface area contributed by atoms with Crippen LogP contribution in [0.5, 0.6) is 0 Å². The van der Waals surface area contributed by atoms with E-state index >= 15 is 0 Å². The summed E-state index contributed by atoms with van der Waals surface area (Å²) in [7, 11) is 0. The van der Waals surface area contributed by atoms with E-state index in [4.69, 9.17) is 5.73 Å². The van der Waals surface area contributed by atoms with Gasteiger partial charge in [-0.05, 0) is 30.0 Å². The number of para-hydroxylation sites is 1. The Balaban J connectivity index is 1.82. The summed E-state index contributed by atoms with van der Waals surface area (Å²) >= 11 is 0. The van der Waals surface area contributed by atoms with Crippen LogP contribution < -0.4 is 11.1 Å². The van der Waals surface area contributed by atoms with Crippen molar-refractivity contribution in [3.8, 4) is 5.69 Å². The van der Waals surface area contributed by atoms with E-state index in [0.717, 1.165) is 25.2 Å². The minimum Gasteiger partial charge on any atom is -0.370 e. The number of rotatable bonds is 6. The molecule has 0 aliphatic carbocycles. The zero-order valence-electron chi connectivity index (χ0n) is 12.7. The van der Waals surface area contributed by atoms with Crippen LogP contribution in [0.15, 0.2) is 47.7 Å². The lowest BCUT2D eigenvalue weighted by Gasteiger charge is -2.05. The minimum atomic E-state index is 0.513. The number of aromatic nitrogens is 2. The Morgan fingerprint density at radius 2 is 2.10 bits per heavy atom. The second kappa shape index (κ2) is 7.47. The van der Waals surface area contributed by atoms with Crippen molar-refractivity contribution in [3.63, 3.8) is 0 Å². The second-order valence-corrected chi connectivity index (χ2v) is 5.43. The smallest absolute Gasteiger partial charge is 0.188 e. The maximum Gasteiger partial charge on any atom is 0.188 e. The average molecular weight is 285 g/mol. The summed E-state index contributed by atoms with van der Waals surface area (Å²) in [5, 5.41) is 7.50. The Bertz CT molecular complexity index is 571. The molecule has 1 aromatic heterocycles. The molecule has 3 N–H and O–H groups in total. The molecule has 5 heteroatoms. The van der Waals surface area contributed by atoms with Crippen molar-refractivity contribution in [2.45, 2.75) is 20.3 Å². The van der Waals surface area contributed by atoms with Crippen LogP contribution in [0.4, 0.5) is 0 Å². The largest absolute Gasteiger partial charge is 0.370 e. The number of aliphatic imine (C=N–C) groups is 1. The first-order valence-corrected chi connectivity index (χ1v) is 7.28. The highest BCUT2D eigenvalue weighted by Crippen LogP contribution is 2.07. The third kappa shape index (κ3) is 4.95. The number of nitrogens with zero attached hydrogens (tertiary/aromatic N) is 3. The summed E-state index contributed by atoms with van der Waals surface area (Å²) in [4.78, 5) is 4.27. The summed E-state index contributed by atoms with van der Waals surface area (Å²) in [5.41, 5.74) is 8.03. The SMILES string of the molecule is CC(C)CN=C(N)NCCc1cnn(-c2ccccc2)c1. The number of hydrogen-bond donors (Lipinski definition) is 2. The van der Waals surface area contributed by atoms with Crippen molar-refractivity contribution in [2.24, 2.45) is 16.6 Å². The molecule has 2 rings (SSSR count). The van der Waals surface area contributed by atoms with Crippen LogP contribution in [0.1, 0.15) is 19.4 Å². The maximum atomic E-state index is 5.80. The molecular formula is C16H23N5. The Morgan fingerprint density at radius 1 is 1.33 bits per heavy atom. The standard InChI is InChI=1S/C16H23N5/c1-13(2)10-19-16(17)18-9-8-14-11-20-21(12-14)15-6-4-3-5-7-15/h3-7,11-13H,8-10H2,1-2H3,(H3,17,18,19). The molecule has 1 heterocycles. The highest BCUT2D eigenvalue weighted by Gasteiger charge is 2.01. The summed E-state index contributed by atoms with van der Waals surface area (Å²) in [6, 6.07) is 10.1. The predicted molar refractivity (Wildman–Crippen MR) is 86.6 cm³/mol. The predicted octanol–water partition coefficient (Wildman–Crippen LogP) is 1.98. The molecule has 5 nitrogen and oxygen atoms in total. The third-order valence-electron chi connectivity index (χ3n) is 3.00.